The van der Waals surface area contributed by atoms with E-state index in [1.54, 1.807) is 12.0 Å². The molecule has 1 fully saturated rings. The van der Waals surface area contributed by atoms with Crippen molar-refractivity contribution >= 4 is 29.1 Å². The van der Waals surface area contributed by atoms with E-state index in [2.05, 4.69) is 17.1 Å². The molecule has 0 N–H and O–H groups in total. The van der Waals surface area contributed by atoms with Crippen molar-refractivity contribution in [2.45, 2.75) is 46.6 Å². The number of rotatable bonds is 6. The summed E-state index contributed by atoms with van der Waals surface area (Å²) in [6.45, 7) is 9.41. The number of aliphatic imine (C=N–C) groups is 1. The largest absolute Gasteiger partial charge is 0.493 e. The predicted octanol–water partition coefficient (Wildman–Crippen LogP) is 4.90. The van der Waals surface area contributed by atoms with E-state index in [9.17, 15) is 4.79 Å². The quantitative estimate of drug-likeness (QED) is 0.536. The van der Waals surface area contributed by atoms with Crippen LogP contribution in [-0.4, -0.2) is 43.8 Å². The van der Waals surface area contributed by atoms with Crippen LogP contribution in [0.5, 0.6) is 11.5 Å². The van der Waals surface area contributed by atoms with E-state index in [4.69, 9.17) is 9.47 Å². The van der Waals surface area contributed by atoms with Gasteiger partial charge in [0, 0.05) is 12.8 Å². The van der Waals surface area contributed by atoms with Crippen LogP contribution < -0.4 is 9.47 Å². The lowest BCUT2D eigenvalue weighted by Crippen LogP contribution is -2.28. The van der Waals surface area contributed by atoms with Crippen molar-refractivity contribution in [3.05, 3.63) is 29.8 Å². The summed E-state index contributed by atoms with van der Waals surface area (Å²) in [5.74, 6) is 1.47. The second kappa shape index (κ2) is 9.95. The predicted molar refractivity (Wildman–Crippen MR) is 112 cm³/mol. The summed E-state index contributed by atoms with van der Waals surface area (Å²) in [6.07, 6.45) is 4.81. The molecular weight excluding hydrogens is 340 g/mol. The third-order valence-corrected chi connectivity index (χ3v) is 4.60. The van der Waals surface area contributed by atoms with E-state index >= 15 is 0 Å². The van der Waals surface area contributed by atoms with E-state index in [0.29, 0.717) is 6.61 Å². The summed E-state index contributed by atoms with van der Waals surface area (Å²) >= 11 is 0. The molecule has 2 aromatic carbocycles. The van der Waals surface area contributed by atoms with Crippen LogP contribution in [0.15, 0.2) is 29.3 Å². The Morgan fingerprint density at radius 3 is 2.56 bits per heavy atom. The van der Waals surface area contributed by atoms with Crippen LogP contribution in [0.1, 0.15) is 39.2 Å². The zero-order valence-electron chi connectivity index (χ0n) is 17.0. The van der Waals surface area contributed by atoms with E-state index in [-0.39, 0.29) is 6.04 Å². The van der Waals surface area contributed by atoms with Gasteiger partial charge in [-0.25, -0.2) is 0 Å². The number of aryl methyl sites for hydroxylation is 1. The lowest BCUT2D eigenvalue weighted by atomic mass is 10.0. The Balaban J connectivity index is 0.00000126. The first kappa shape index (κ1) is 20.7. The molecule has 1 unspecified atom stereocenters. The van der Waals surface area contributed by atoms with Gasteiger partial charge in [0.25, 0.3) is 0 Å². The Labute approximate surface area is 162 Å². The van der Waals surface area contributed by atoms with E-state index in [1.165, 1.54) is 0 Å². The summed E-state index contributed by atoms with van der Waals surface area (Å²) in [4.78, 5) is 17.5. The van der Waals surface area contributed by atoms with Crippen LogP contribution >= 0.6 is 0 Å². The molecule has 146 valence electrons. The topological polar surface area (TPSA) is 51.1 Å². The molecule has 1 aliphatic heterocycles. The lowest BCUT2D eigenvalue weighted by Gasteiger charge is -2.15. The summed E-state index contributed by atoms with van der Waals surface area (Å²) < 4.78 is 11.1. The molecule has 0 aliphatic carbocycles. The van der Waals surface area contributed by atoms with Gasteiger partial charge >= 0.3 is 0 Å². The number of nitrogens with zero attached hydrogens (tertiary/aromatic N) is 2. The maximum absolute atomic E-state index is 11.1. The fourth-order valence-electron chi connectivity index (χ4n) is 3.25. The number of fused-ring (bicyclic) bond motifs is 1. The van der Waals surface area contributed by atoms with Crippen LogP contribution in [-0.2, 0) is 4.79 Å². The molecule has 2 aromatic rings. The molecule has 0 radical (unpaired) electrons. The first-order chi connectivity index (χ1) is 13.2. The molecule has 1 saturated heterocycles. The van der Waals surface area contributed by atoms with Crippen molar-refractivity contribution in [2.75, 3.05) is 20.3 Å². The number of hydrogen-bond donors (Lipinski definition) is 0. The number of benzene rings is 2. The maximum atomic E-state index is 11.1. The number of amides is 1. The second-order valence-corrected chi connectivity index (χ2v) is 6.25. The van der Waals surface area contributed by atoms with E-state index in [0.717, 1.165) is 59.3 Å². The van der Waals surface area contributed by atoms with Crippen LogP contribution in [0.2, 0.25) is 0 Å². The number of ether oxygens (including phenoxy) is 2. The van der Waals surface area contributed by atoms with Crippen LogP contribution in [0.4, 0.5) is 5.69 Å². The smallest absolute Gasteiger partial charge is 0.210 e. The maximum Gasteiger partial charge on any atom is 0.210 e. The van der Waals surface area contributed by atoms with Crippen LogP contribution in [0.25, 0.3) is 10.8 Å². The van der Waals surface area contributed by atoms with Gasteiger partial charge in [-0.1, -0.05) is 13.8 Å². The van der Waals surface area contributed by atoms with Gasteiger partial charge in [0.05, 0.1) is 25.4 Å². The minimum Gasteiger partial charge on any atom is -0.493 e. The highest BCUT2D eigenvalue weighted by Crippen LogP contribution is 2.35. The molecule has 1 heterocycles. The third kappa shape index (κ3) is 4.79. The van der Waals surface area contributed by atoms with Gasteiger partial charge in [0.2, 0.25) is 6.41 Å². The number of hydrogen-bond acceptors (Lipinski definition) is 4. The van der Waals surface area contributed by atoms with Gasteiger partial charge in [-0.2, -0.15) is 0 Å². The standard InChI is InChI=1S/C20H24N2O3.C2H6/c1-4-25-20-11-15-8-14(2)18(9-16(15)10-19(20)24-3)21-12-17-6-5-7-22(17)13-23;1-2/h8-13,17H,4-7H2,1-3H3;1-2H3. The molecule has 5 heteroatoms. The monoisotopic (exact) mass is 370 g/mol. The average Bonchev–Trinajstić information content (AvgIpc) is 3.15. The highest BCUT2D eigenvalue weighted by Gasteiger charge is 2.20. The summed E-state index contributed by atoms with van der Waals surface area (Å²) in [7, 11) is 1.64. The molecule has 1 atom stereocenters. The zero-order chi connectivity index (χ0) is 19.8. The Morgan fingerprint density at radius 2 is 1.89 bits per heavy atom. The van der Waals surface area contributed by atoms with Gasteiger partial charge in [-0.15, -0.1) is 0 Å². The molecule has 0 aromatic heterocycles. The van der Waals surface area contributed by atoms with E-state index in [1.807, 2.05) is 46.0 Å². The first-order valence-electron chi connectivity index (χ1n) is 9.66. The number of carbonyl (C=O) groups excluding carboxylic acids is 1. The van der Waals surface area contributed by atoms with Gasteiger partial charge in [0.1, 0.15) is 0 Å². The molecular formula is C22H30N2O3. The van der Waals surface area contributed by atoms with Gasteiger partial charge in [0.15, 0.2) is 11.5 Å². The Morgan fingerprint density at radius 1 is 1.19 bits per heavy atom. The van der Waals surface area contributed by atoms with Crippen molar-refractivity contribution in [2.24, 2.45) is 4.99 Å². The minimum atomic E-state index is 0.0995. The zero-order valence-corrected chi connectivity index (χ0v) is 17.0. The SMILES string of the molecule is CC.CCOc1cc2cc(C)c(N=CC3CCCN3C=O)cc2cc1OC. The van der Waals surface area contributed by atoms with E-state index < -0.39 is 0 Å². The number of methoxy groups -OCH3 is 1. The molecule has 5 nitrogen and oxygen atoms in total. The van der Waals surface area contributed by atoms with Crippen LogP contribution in [0.3, 0.4) is 0 Å². The fourth-order valence-corrected chi connectivity index (χ4v) is 3.25. The summed E-state index contributed by atoms with van der Waals surface area (Å²) in [5, 5.41) is 2.15. The molecule has 1 aliphatic rings. The molecule has 1 amide bonds. The van der Waals surface area contributed by atoms with Crippen molar-refractivity contribution in [1.29, 1.82) is 0 Å². The normalized spacial score (nSPS) is 16.3. The second-order valence-electron chi connectivity index (χ2n) is 6.25. The summed E-state index contributed by atoms with van der Waals surface area (Å²) in [5.41, 5.74) is 2.00. The van der Waals surface area contributed by atoms with Gasteiger partial charge < -0.3 is 14.4 Å². The van der Waals surface area contributed by atoms with Gasteiger partial charge in [-0.05, 0) is 67.3 Å². The van der Waals surface area contributed by atoms with Crippen molar-refractivity contribution < 1.29 is 14.3 Å². The van der Waals surface area contributed by atoms with Crippen molar-refractivity contribution in [3.8, 4) is 11.5 Å². The fraction of sp³-hybridized carbons (Fsp3) is 0.455. The number of likely N-dealkylation sites (tertiary alicyclic amines) is 1. The molecule has 27 heavy (non-hydrogen) atoms. The van der Waals surface area contributed by atoms with Crippen LogP contribution in [0, 0.1) is 6.92 Å². The molecule has 0 bridgehead atoms. The van der Waals surface area contributed by atoms with Gasteiger partial charge in [-0.3, -0.25) is 9.79 Å². The Hall–Kier alpha value is -2.56. The third-order valence-electron chi connectivity index (χ3n) is 4.60. The highest BCUT2D eigenvalue weighted by molar-refractivity contribution is 5.90. The lowest BCUT2D eigenvalue weighted by molar-refractivity contribution is -0.117. The van der Waals surface area contributed by atoms with Crippen molar-refractivity contribution in [3.63, 3.8) is 0 Å². The highest BCUT2D eigenvalue weighted by atomic mass is 16.5. The number of carbonyl (C=O) groups is 1. The molecule has 0 saturated carbocycles. The first-order valence-corrected chi connectivity index (χ1v) is 9.66. The molecule has 0 spiro atoms. The average molecular weight is 370 g/mol. The molecule has 3 rings (SSSR count). The Kier molecular flexibility index (Phi) is 7.65. The minimum absolute atomic E-state index is 0.0995. The van der Waals surface area contributed by atoms with Crippen molar-refractivity contribution in [1.82, 2.24) is 4.90 Å². The summed E-state index contributed by atoms with van der Waals surface area (Å²) in [6, 6.07) is 8.24. The Bertz CT molecular complexity index is 802.